The van der Waals surface area contributed by atoms with Gasteiger partial charge in [0.2, 0.25) is 5.91 Å². The Kier molecular flexibility index (Phi) is 5.75. The number of carbonyl (C=O) groups excluding carboxylic acids is 2. The Morgan fingerprint density at radius 1 is 0.972 bits per heavy atom. The number of nitrogens with one attached hydrogen (secondary N) is 1. The van der Waals surface area contributed by atoms with Crippen LogP contribution in [0.4, 0.5) is 30.7 Å². The molecule has 3 fully saturated rings. The number of amides is 2. The molecular formula is C24H20F7N3O2. The van der Waals surface area contributed by atoms with Crippen LogP contribution in [0.1, 0.15) is 58.9 Å². The zero-order valence-corrected chi connectivity index (χ0v) is 18.5. The Hall–Kier alpha value is -3.18. The second kappa shape index (κ2) is 8.45. The van der Waals surface area contributed by atoms with Gasteiger partial charge in [0.05, 0.1) is 17.2 Å². The average Bonchev–Trinajstić information content (AvgIpc) is 3.74. The number of pyridine rings is 1. The van der Waals surface area contributed by atoms with Gasteiger partial charge in [-0.05, 0) is 61.8 Å². The molecule has 12 heteroatoms. The van der Waals surface area contributed by atoms with Crippen molar-refractivity contribution < 1.29 is 40.3 Å². The maximum Gasteiger partial charge on any atom is 0.416 e. The Morgan fingerprint density at radius 3 is 2.25 bits per heavy atom. The lowest BCUT2D eigenvalue weighted by Gasteiger charge is -2.29. The fourth-order valence-corrected chi connectivity index (χ4v) is 4.92. The number of hydrogen-bond donors (Lipinski definition) is 1. The van der Waals surface area contributed by atoms with Crippen LogP contribution in [0.3, 0.4) is 0 Å². The molecule has 1 aliphatic heterocycles. The molecule has 5 nitrogen and oxygen atoms in total. The van der Waals surface area contributed by atoms with Crippen LogP contribution in [0, 0.1) is 17.7 Å². The summed E-state index contributed by atoms with van der Waals surface area (Å²) in [4.78, 5) is 31.3. The summed E-state index contributed by atoms with van der Waals surface area (Å²) in [6, 6.07) is 1.31. The first-order valence-corrected chi connectivity index (χ1v) is 11.4. The predicted octanol–water partition coefficient (Wildman–Crippen LogP) is 5.13. The van der Waals surface area contributed by atoms with Gasteiger partial charge in [-0.3, -0.25) is 14.6 Å². The fraction of sp³-hybridized carbons (Fsp3) is 0.458. The average molecular weight is 515 g/mol. The van der Waals surface area contributed by atoms with Crippen LogP contribution < -0.4 is 5.32 Å². The third-order valence-electron chi connectivity index (χ3n) is 7.00. The number of halogens is 7. The van der Waals surface area contributed by atoms with Crippen molar-refractivity contribution in [2.45, 2.75) is 56.2 Å². The second-order valence-electron chi connectivity index (χ2n) is 9.51. The topological polar surface area (TPSA) is 62.3 Å². The lowest BCUT2D eigenvalue weighted by atomic mass is 9.99. The van der Waals surface area contributed by atoms with Gasteiger partial charge < -0.3 is 10.2 Å². The summed E-state index contributed by atoms with van der Waals surface area (Å²) in [5.41, 5.74) is -2.71. The molecule has 36 heavy (non-hydrogen) atoms. The molecule has 0 spiro atoms. The van der Waals surface area contributed by atoms with Gasteiger partial charge in [0.1, 0.15) is 17.6 Å². The van der Waals surface area contributed by atoms with Crippen molar-refractivity contribution in [2.75, 3.05) is 0 Å². The minimum Gasteiger partial charge on any atom is -0.347 e. The molecule has 2 aliphatic carbocycles. The van der Waals surface area contributed by atoms with E-state index in [4.69, 9.17) is 0 Å². The van der Waals surface area contributed by atoms with Crippen LogP contribution in [-0.2, 0) is 17.1 Å². The number of likely N-dealkylation sites (tertiary alicyclic amines) is 1. The fourth-order valence-electron chi connectivity index (χ4n) is 4.92. The maximum absolute atomic E-state index is 14.7. The van der Waals surface area contributed by atoms with Crippen LogP contribution in [0.5, 0.6) is 0 Å². The predicted molar refractivity (Wildman–Crippen MR) is 111 cm³/mol. The highest BCUT2D eigenvalue weighted by molar-refractivity contribution is 5.97. The molecule has 2 heterocycles. The number of piperidine rings is 1. The van der Waals surface area contributed by atoms with Crippen LogP contribution in [0.25, 0.3) is 0 Å². The first kappa shape index (κ1) is 24.5. The van der Waals surface area contributed by atoms with E-state index in [1.807, 2.05) is 0 Å². The van der Waals surface area contributed by atoms with Gasteiger partial charge in [-0.15, -0.1) is 0 Å². The molecule has 192 valence electrons. The molecule has 1 saturated heterocycles. The summed E-state index contributed by atoms with van der Waals surface area (Å²) in [6.07, 6.45) is -6.35. The largest absolute Gasteiger partial charge is 0.416 e. The standard InChI is InChI=1S/C24H20F7N3O2/c25-16-9-13(23(26,27)28)3-4-15(16)20(11-1-2-11)33-21(35)19-8-12-7-18(12)34(19)22(36)17-10-14(5-6-32-17)24(29,30)31/h3-6,9-12,18-20H,1-2,7-8H2,(H,33,35)/t12?,18-,19-,20-/m1/s1. The monoisotopic (exact) mass is 515 g/mol. The van der Waals surface area contributed by atoms with Gasteiger partial charge in [-0.25, -0.2) is 4.39 Å². The van der Waals surface area contributed by atoms with E-state index in [2.05, 4.69) is 10.3 Å². The van der Waals surface area contributed by atoms with E-state index in [-0.39, 0.29) is 29.9 Å². The number of hydrogen-bond acceptors (Lipinski definition) is 3. The van der Waals surface area contributed by atoms with Gasteiger partial charge in [-0.1, -0.05) is 6.07 Å². The molecule has 2 aromatic rings. The van der Waals surface area contributed by atoms with E-state index in [9.17, 15) is 40.3 Å². The summed E-state index contributed by atoms with van der Waals surface area (Å²) < 4.78 is 92.8. The molecule has 0 bridgehead atoms. The number of fused-ring (bicyclic) bond motifs is 1. The van der Waals surface area contributed by atoms with Gasteiger partial charge in [-0.2, -0.15) is 26.3 Å². The second-order valence-corrected chi connectivity index (χ2v) is 9.51. The van der Waals surface area contributed by atoms with E-state index >= 15 is 0 Å². The summed E-state index contributed by atoms with van der Waals surface area (Å²) in [5, 5.41) is 2.69. The normalized spacial score (nSPS) is 24.3. The number of nitrogens with zero attached hydrogens (tertiary/aromatic N) is 2. The van der Waals surface area contributed by atoms with Crippen molar-refractivity contribution in [2.24, 2.45) is 11.8 Å². The minimum atomic E-state index is -4.72. The molecule has 0 radical (unpaired) electrons. The Balaban J connectivity index is 1.37. The maximum atomic E-state index is 14.7. The minimum absolute atomic E-state index is 0.0117. The summed E-state index contributed by atoms with van der Waals surface area (Å²) >= 11 is 0. The molecular weight excluding hydrogens is 495 g/mol. The number of aromatic nitrogens is 1. The number of benzene rings is 1. The lowest BCUT2D eigenvalue weighted by molar-refractivity contribution is -0.138. The Bertz CT molecular complexity index is 1210. The van der Waals surface area contributed by atoms with Crippen molar-refractivity contribution in [1.29, 1.82) is 0 Å². The van der Waals surface area contributed by atoms with E-state index in [1.54, 1.807) is 0 Å². The molecule has 2 amide bonds. The zero-order valence-electron chi connectivity index (χ0n) is 18.5. The van der Waals surface area contributed by atoms with Crippen LogP contribution in [0.15, 0.2) is 36.5 Å². The van der Waals surface area contributed by atoms with Crippen molar-refractivity contribution in [1.82, 2.24) is 15.2 Å². The number of alkyl halides is 6. The summed E-state index contributed by atoms with van der Waals surface area (Å²) in [6.45, 7) is 0. The van der Waals surface area contributed by atoms with Crippen molar-refractivity contribution >= 4 is 11.8 Å². The first-order chi connectivity index (χ1) is 16.8. The molecule has 2 saturated carbocycles. The number of carbonyl (C=O) groups is 2. The molecule has 4 atom stereocenters. The van der Waals surface area contributed by atoms with Gasteiger partial charge in [0, 0.05) is 17.8 Å². The van der Waals surface area contributed by atoms with Gasteiger partial charge >= 0.3 is 12.4 Å². The van der Waals surface area contributed by atoms with Crippen molar-refractivity contribution in [3.63, 3.8) is 0 Å². The highest BCUT2D eigenvalue weighted by Gasteiger charge is 2.57. The van der Waals surface area contributed by atoms with Crippen LogP contribution in [-0.4, -0.2) is 33.8 Å². The molecule has 1 aromatic carbocycles. The smallest absolute Gasteiger partial charge is 0.347 e. The highest BCUT2D eigenvalue weighted by atomic mass is 19.4. The third kappa shape index (κ3) is 4.64. The van der Waals surface area contributed by atoms with E-state index in [1.165, 1.54) is 4.90 Å². The van der Waals surface area contributed by atoms with E-state index in [0.717, 1.165) is 24.4 Å². The van der Waals surface area contributed by atoms with E-state index < -0.39 is 58.9 Å². The Labute approximate surface area is 200 Å². The zero-order chi connectivity index (χ0) is 26.0. The van der Waals surface area contributed by atoms with Gasteiger partial charge in [0.25, 0.3) is 5.91 Å². The molecule has 1 aromatic heterocycles. The van der Waals surface area contributed by atoms with Crippen molar-refractivity contribution in [3.8, 4) is 0 Å². The van der Waals surface area contributed by atoms with E-state index in [0.29, 0.717) is 31.4 Å². The third-order valence-corrected chi connectivity index (χ3v) is 7.00. The number of rotatable bonds is 5. The van der Waals surface area contributed by atoms with Gasteiger partial charge in [0.15, 0.2) is 0 Å². The lowest BCUT2D eigenvalue weighted by Crippen LogP contribution is -2.49. The van der Waals surface area contributed by atoms with Crippen LogP contribution in [0.2, 0.25) is 0 Å². The Morgan fingerprint density at radius 2 is 1.64 bits per heavy atom. The quantitative estimate of drug-likeness (QED) is 0.562. The molecule has 1 unspecified atom stereocenters. The molecule has 1 N–H and O–H groups in total. The summed E-state index contributed by atoms with van der Waals surface area (Å²) in [5.74, 6) is -2.70. The highest BCUT2D eigenvalue weighted by Crippen LogP contribution is 2.49. The first-order valence-electron chi connectivity index (χ1n) is 11.4. The molecule has 3 aliphatic rings. The van der Waals surface area contributed by atoms with Crippen LogP contribution >= 0.6 is 0 Å². The summed E-state index contributed by atoms with van der Waals surface area (Å²) in [7, 11) is 0. The van der Waals surface area contributed by atoms with Crippen molar-refractivity contribution in [3.05, 3.63) is 64.7 Å². The molecule has 5 rings (SSSR count). The SMILES string of the molecule is O=C(N[C@@H](c1ccc(C(F)(F)F)cc1F)C1CC1)[C@H]1CC2C[C@H]2N1C(=O)c1cc(C(F)(F)F)ccn1.